The van der Waals surface area contributed by atoms with Crippen LogP contribution in [0.3, 0.4) is 0 Å². The first-order valence-corrected chi connectivity index (χ1v) is 4.62. The van der Waals surface area contributed by atoms with Crippen LogP contribution in [0.5, 0.6) is 5.75 Å². The average Bonchev–Trinajstić information content (AvgIpc) is 2.12. The van der Waals surface area contributed by atoms with Crippen molar-refractivity contribution in [2.45, 2.75) is 13.8 Å². The van der Waals surface area contributed by atoms with E-state index in [1.54, 1.807) is 0 Å². The van der Waals surface area contributed by atoms with Gasteiger partial charge < -0.3 is 4.74 Å². The number of allylic oxidation sites excluding steroid dienone is 1. The molecule has 1 rings (SSSR count). The highest BCUT2D eigenvalue weighted by Gasteiger charge is 1.96. The Kier molecular flexibility index (Phi) is 3.84. The number of hydrogen-bond acceptors (Lipinski definition) is 1. The number of benzene rings is 1. The fourth-order valence-corrected chi connectivity index (χ4v) is 1.07. The van der Waals surface area contributed by atoms with Gasteiger partial charge in [0.25, 0.3) is 0 Å². The molecule has 1 aromatic rings. The van der Waals surface area contributed by atoms with Crippen molar-refractivity contribution in [3.8, 4) is 5.75 Å². The molecule has 0 saturated carbocycles. The van der Waals surface area contributed by atoms with Gasteiger partial charge in [0, 0.05) is 5.02 Å². The maximum Gasteiger partial charge on any atom is 0.120 e. The lowest BCUT2D eigenvalue weighted by Gasteiger charge is -2.04. The second kappa shape index (κ2) is 4.93. The van der Waals surface area contributed by atoms with Gasteiger partial charge in [-0.1, -0.05) is 23.8 Å². The van der Waals surface area contributed by atoms with Crippen molar-refractivity contribution in [3.05, 3.63) is 40.9 Å². The van der Waals surface area contributed by atoms with Gasteiger partial charge in [0.05, 0.1) is 0 Å². The van der Waals surface area contributed by atoms with Crippen molar-refractivity contribution in [1.29, 1.82) is 0 Å². The zero-order valence-electron chi connectivity index (χ0n) is 7.88. The highest BCUT2D eigenvalue weighted by molar-refractivity contribution is 6.31. The van der Waals surface area contributed by atoms with Crippen LogP contribution >= 0.6 is 11.6 Å². The Hall–Kier alpha value is -0.950. The molecular formula is C11H13ClO. The topological polar surface area (TPSA) is 9.23 Å². The molecule has 0 unspecified atom stereocenters. The summed E-state index contributed by atoms with van der Waals surface area (Å²) in [5.41, 5.74) is 1.04. The van der Waals surface area contributed by atoms with E-state index in [4.69, 9.17) is 16.3 Å². The Morgan fingerprint density at radius 3 is 2.85 bits per heavy atom. The molecule has 2 heteroatoms. The molecule has 0 aliphatic heterocycles. The highest BCUT2D eigenvalue weighted by atomic mass is 35.5. The van der Waals surface area contributed by atoms with Gasteiger partial charge in [0.1, 0.15) is 12.4 Å². The van der Waals surface area contributed by atoms with E-state index in [1.807, 2.05) is 44.2 Å². The summed E-state index contributed by atoms with van der Waals surface area (Å²) in [6.45, 7) is 4.54. The van der Waals surface area contributed by atoms with E-state index in [2.05, 4.69) is 0 Å². The lowest BCUT2D eigenvalue weighted by atomic mass is 10.2. The molecule has 0 fully saturated rings. The van der Waals surface area contributed by atoms with Crippen molar-refractivity contribution in [3.63, 3.8) is 0 Å². The Morgan fingerprint density at radius 2 is 2.23 bits per heavy atom. The van der Waals surface area contributed by atoms with Crippen LogP contribution in [0.2, 0.25) is 5.02 Å². The summed E-state index contributed by atoms with van der Waals surface area (Å²) in [5, 5.41) is 0.776. The second-order valence-electron chi connectivity index (χ2n) is 2.79. The van der Waals surface area contributed by atoms with Gasteiger partial charge in [0.2, 0.25) is 0 Å². The number of rotatable bonds is 3. The van der Waals surface area contributed by atoms with Crippen LogP contribution in [-0.4, -0.2) is 6.61 Å². The van der Waals surface area contributed by atoms with Crippen molar-refractivity contribution in [2.75, 3.05) is 6.61 Å². The molecule has 13 heavy (non-hydrogen) atoms. The normalized spacial score (nSPS) is 10.7. The van der Waals surface area contributed by atoms with Crippen molar-refractivity contribution < 1.29 is 4.74 Å². The molecule has 0 spiro atoms. The van der Waals surface area contributed by atoms with E-state index < -0.39 is 0 Å². The van der Waals surface area contributed by atoms with Gasteiger partial charge in [-0.3, -0.25) is 0 Å². The van der Waals surface area contributed by atoms with Crippen LogP contribution in [-0.2, 0) is 0 Å². The van der Waals surface area contributed by atoms with E-state index in [0.29, 0.717) is 6.61 Å². The lowest BCUT2D eigenvalue weighted by molar-refractivity contribution is 0.362. The number of ether oxygens (including phenoxy) is 1. The molecule has 0 heterocycles. The lowest BCUT2D eigenvalue weighted by Crippen LogP contribution is -1.93. The largest absolute Gasteiger partial charge is 0.490 e. The van der Waals surface area contributed by atoms with Crippen LogP contribution in [0.25, 0.3) is 0 Å². The molecule has 70 valence electrons. The minimum Gasteiger partial charge on any atom is -0.490 e. The minimum absolute atomic E-state index is 0.609. The maximum atomic E-state index is 5.87. The first kappa shape index (κ1) is 10.1. The quantitative estimate of drug-likeness (QED) is 0.672. The molecule has 0 N–H and O–H groups in total. The molecule has 0 aromatic heterocycles. The van der Waals surface area contributed by atoms with Crippen LogP contribution in [0, 0.1) is 6.92 Å². The SMILES string of the molecule is C/C=C/COc1ccc(Cl)c(C)c1. The fraction of sp³-hybridized carbons (Fsp3) is 0.273. The van der Waals surface area contributed by atoms with Crippen molar-refractivity contribution in [2.24, 2.45) is 0 Å². The third-order valence-corrected chi connectivity index (χ3v) is 2.14. The summed E-state index contributed by atoms with van der Waals surface area (Å²) in [4.78, 5) is 0. The average molecular weight is 197 g/mol. The third kappa shape index (κ3) is 3.11. The Bertz CT molecular complexity index is 305. The van der Waals surface area contributed by atoms with Crippen LogP contribution < -0.4 is 4.74 Å². The first-order chi connectivity index (χ1) is 6.24. The molecular weight excluding hydrogens is 184 g/mol. The van der Waals surface area contributed by atoms with Crippen LogP contribution in [0.4, 0.5) is 0 Å². The van der Waals surface area contributed by atoms with Gasteiger partial charge in [-0.15, -0.1) is 0 Å². The monoisotopic (exact) mass is 196 g/mol. The molecule has 0 atom stereocenters. The van der Waals surface area contributed by atoms with Gasteiger partial charge in [-0.2, -0.15) is 0 Å². The molecule has 0 radical (unpaired) electrons. The van der Waals surface area contributed by atoms with Crippen molar-refractivity contribution >= 4 is 11.6 Å². The smallest absolute Gasteiger partial charge is 0.120 e. The third-order valence-electron chi connectivity index (χ3n) is 1.71. The van der Waals surface area contributed by atoms with Gasteiger partial charge >= 0.3 is 0 Å². The van der Waals surface area contributed by atoms with E-state index in [0.717, 1.165) is 16.3 Å². The summed E-state index contributed by atoms with van der Waals surface area (Å²) in [6, 6.07) is 5.66. The number of hydrogen-bond donors (Lipinski definition) is 0. The Balaban J connectivity index is 2.63. The molecule has 1 aromatic carbocycles. The fourth-order valence-electron chi connectivity index (χ4n) is 0.948. The van der Waals surface area contributed by atoms with E-state index in [1.165, 1.54) is 0 Å². The van der Waals surface area contributed by atoms with E-state index in [9.17, 15) is 0 Å². The highest BCUT2D eigenvalue weighted by Crippen LogP contribution is 2.20. The molecule has 0 bridgehead atoms. The molecule has 1 nitrogen and oxygen atoms in total. The van der Waals surface area contributed by atoms with Gasteiger partial charge in [-0.25, -0.2) is 0 Å². The van der Waals surface area contributed by atoms with Crippen molar-refractivity contribution in [1.82, 2.24) is 0 Å². The van der Waals surface area contributed by atoms with Crippen LogP contribution in [0.15, 0.2) is 30.4 Å². The summed E-state index contributed by atoms with van der Waals surface area (Å²) in [5.74, 6) is 0.861. The predicted molar refractivity (Wildman–Crippen MR) is 56.5 cm³/mol. The molecule has 0 aliphatic rings. The molecule has 0 aliphatic carbocycles. The zero-order chi connectivity index (χ0) is 9.68. The summed E-state index contributed by atoms with van der Waals surface area (Å²) >= 11 is 5.87. The molecule has 0 saturated heterocycles. The standard InChI is InChI=1S/C11H13ClO/c1-3-4-7-13-10-5-6-11(12)9(2)8-10/h3-6,8H,7H2,1-2H3/b4-3+. The Labute approximate surface area is 84.0 Å². The summed E-state index contributed by atoms with van der Waals surface area (Å²) in [7, 11) is 0. The summed E-state index contributed by atoms with van der Waals surface area (Å²) < 4.78 is 5.44. The molecule has 0 amide bonds. The predicted octanol–water partition coefficient (Wildman–Crippen LogP) is 3.60. The van der Waals surface area contributed by atoms with Crippen LogP contribution in [0.1, 0.15) is 12.5 Å². The van der Waals surface area contributed by atoms with Gasteiger partial charge in [0.15, 0.2) is 0 Å². The Morgan fingerprint density at radius 1 is 1.46 bits per heavy atom. The van der Waals surface area contributed by atoms with E-state index >= 15 is 0 Å². The first-order valence-electron chi connectivity index (χ1n) is 4.24. The second-order valence-corrected chi connectivity index (χ2v) is 3.20. The number of halogens is 1. The maximum absolute atomic E-state index is 5.87. The zero-order valence-corrected chi connectivity index (χ0v) is 8.64. The number of aryl methyl sites for hydroxylation is 1. The van der Waals surface area contributed by atoms with Gasteiger partial charge in [-0.05, 0) is 37.6 Å². The van der Waals surface area contributed by atoms with E-state index in [-0.39, 0.29) is 0 Å². The summed E-state index contributed by atoms with van der Waals surface area (Å²) in [6.07, 6.45) is 3.92. The minimum atomic E-state index is 0.609.